The van der Waals surface area contributed by atoms with Crippen LogP contribution in [0.1, 0.15) is 116 Å². The summed E-state index contributed by atoms with van der Waals surface area (Å²) in [4.78, 5) is 87.3. The van der Waals surface area contributed by atoms with Crippen molar-refractivity contribution in [1.82, 2.24) is 10.6 Å². The Kier molecular flexibility index (Phi) is 28.6. The van der Waals surface area contributed by atoms with Crippen LogP contribution in [0.2, 0.25) is 0 Å². The predicted octanol–water partition coefficient (Wildman–Crippen LogP) is 10.9. The van der Waals surface area contributed by atoms with Crippen LogP contribution in [-0.4, -0.2) is 203 Å². The van der Waals surface area contributed by atoms with Gasteiger partial charge in [0.1, 0.15) is 72.0 Å². The van der Waals surface area contributed by atoms with Gasteiger partial charge in [0, 0.05) is 64.0 Å². The summed E-state index contributed by atoms with van der Waals surface area (Å²) in [5, 5.41) is 70.2. The third kappa shape index (κ3) is 25.2. The summed E-state index contributed by atoms with van der Waals surface area (Å²) < 4.78 is 170. The summed E-state index contributed by atoms with van der Waals surface area (Å²) in [6.45, 7) is 7.33. The van der Waals surface area contributed by atoms with E-state index in [0.717, 1.165) is 11.1 Å². The first-order chi connectivity index (χ1) is 64.8. The molecule has 29 heteroatoms. The van der Waals surface area contributed by atoms with Crippen LogP contribution in [0.5, 0.6) is 11.5 Å². The first-order valence-corrected chi connectivity index (χ1v) is 37.9. The molecule has 118 heavy (non-hydrogen) atoms. The smallest absolute Gasteiger partial charge is 0.340 e. The molecule has 640 valence electrons. The number of carbonyl (C=O) groups excluding carboxylic acids is 7. The molecule has 9 N–H and O–H groups in total. The van der Waals surface area contributed by atoms with Gasteiger partial charge in [0.25, 0.3) is 0 Å². The molecule has 16 atom stereocenters. The molecule has 3 unspecified atom stereocenters. The van der Waals surface area contributed by atoms with Gasteiger partial charge in [0.05, 0.1) is 54.2 Å². The fourth-order valence-corrected chi connectivity index (χ4v) is 12.7. The van der Waals surface area contributed by atoms with Gasteiger partial charge in [-0.05, 0) is 155 Å². The summed E-state index contributed by atoms with van der Waals surface area (Å²) >= 11 is 0. The average molecular weight is 1680 g/mol. The minimum Gasteiger partial charge on any atom is -0.462 e. The molecule has 9 aromatic rings. The van der Waals surface area contributed by atoms with E-state index in [-0.39, 0.29) is 57.3 Å². The first kappa shape index (κ1) is 77.5. The van der Waals surface area contributed by atoms with Crippen LogP contribution in [0.3, 0.4) is 0 Å². The highest BCUT2D eigenvalue weighted by Crippen LogP contribution is 2.36. The van der Waals surface area contributed by atoms with Crippen LogP contribution in [0.15, 0.2) is 237 Å². The van der Waals surface area contributed by atoms with Crippen LogP contribution >= 0.6 is 0 Å². The second-order valence-electron chi connectivity index (χ2n) is 28.0. The van der Waals surface area contributed by atoms with Gasteiger partial charge in [-0.1, -0.05) is 141 Å². The highest BCUT2D eigenvalue weighted by Gasteiger charge is 2.48. The highest BCUT2D eigenvalue weighted by molar-refractivity contribution is 5.92. The highest BCUT2D eigenvalue weighted by atomic mass is 19.1. The number of halogens is 2. The van der Waals surface area contributed by atoms with Gasteiger partial charge in [-0.3, -0.25) is 9.59 Å². The van der Waals surface area contributed by atoms with Crippen LogP contribution in [-0.2, 0) is 65.1 Å². The Bertz CT molecular complexity index is 4830. The number of hydrogen-bond acceptors (Lipinski definition) is 25. The van der Waals surface area contributed by atoms with Gasteiger partial charge in [-0.15, -0.1) is 0 Å². The van der Waals surface area contributed by atoms with E-state index in [0.29, 0.717) is 87.5 Å². The lowest BCUT2D eigenvalue weighted by Gasteiger charge is -2.40. The third-order valence-corrected chi connectivity index (χ3v) is 19.0. The lowest BCUT2D eigenvalue weighted by atomic mass is 9.96. The molecule has 0 bridgehead atoms. The number of esters is 5. The molecule has 4 saturated heterocycles. The zero-order valence-electron chi connectivity index (χ0n) is 80.6. The molecule has 0 aromatic heterocycles. The molecule has 0 aliphatic carbocycles. The Balaban J connectivity index is 0.000000907. The van der Waals surface area contributed by atoms with E-state index in [1.807, 2.05) is 19.9 Å². The summed E-state index contributed by atoms with van der Waals surface area (Å²) in [7, 11) is 0. The Hall–Kier alpha value is -11.7. The fourth-order valence-electron chi connectivity index (χ4n) is 12.7. The molecule has 4 fully saturated rings. The second kappa shape index (κ2) is 43.5. The number of amides is 2. The van der Waals surface area contributed by atoms with Crippen LogP contribution in [0, 0.1) is 23.5 Å². The molecule has 2 amide bonds. The zero-order chi connectivity index (χ0) is 100. The number of aliphatic hydroxyl groups is 7. The van der Waals surface area contributed by atoms with Gasteiger partial charge in [-0.2, -0.15) is 0 Å². The number of hydrogen-bond donors (Lipinski definition) is 9. The minimum absolute atomic E-state index is 0. The topological polar surface area (TPSA) is 387 Å². The molecular formula is C89H110F2N2O25. The summed E-state index contributed by atoms with van der Waals surface area (Å²) in [5.74, 6) is -4.06. The van der Waals surface area contributed by atoms with E-state index in [1.54, 1.807) is 206 Å². The molecule has 0 radical (unpaired) electrons. The van der Waals surface area contributed by atoms with E-state index >= 15 is 0 Å². The van der Waals surface area contributed by atoms with Crippen LogP contribution < -0.4 is 20.1 Å². The molecule has 27 nitrogen and oxygen atoms in total. The summed E-state index contributed by atoms with van der Waals surface area (Å²) in [6.07, 6.45) is -15.8. The zero-order valence-corrected chi connectivity index (χ0v) is 64.6. The minimum atomic E-state index is -1.42. The van der Waals surface area contributed by atoms with Crippen molar-refractivity contribution in [3.63, 3.8) is 0 Å². The second-order valence-corrected chi connectivity index (χ2v) is 28.0. The predicted molar refractivity (Wildman–Crippen MR) is 439 cm³/mol. The molecular weight excluding hydrogens is 1530 g/mol. The monoisotopic (exact) mass is 1680 g/mol. The number of nitrogens with one attached hydrogen (secondary N) is 2. The number of carbonyl (C=O) groups is 7. The van der Waals surface area contributed by atoms with Crippen LogP contribution in [0.25, 0.3) is 22.3 Å². The molecule has 0 saturated carbocycles. The van der Waals surface area contributed by atoms with Gasteiger partial charge < -0.3 is 98.5 Å². The maximum atomic E-state index is 14.2. The molecule has 0 spiro atoms. The van der Waals surface area contributed by atoms with Crippen LogP contribution in [0.4, 0.5) is 8.78 Å². The first-order valence-electron chi connectivity index (χ1n) is 45.9. The number of benzene rings is 9. The lowest BCUT2D eigenvalue weighted by molar-refractivity contribution is -0.252. The molecule has 9 aromatic carbocycles. The Labute approximate surface area is 704 Å². The number of ether oxygens (including phenoxy) is 11. The maximum Gasteiger partial charge on any atom is 0.340 e. The quantitative estimate of drug-likeness (QED) is 0.0225. The molecule has 4 heterocycles. The van der Waals surface area contributed by atoms with Crippen molar-refractivity contribution in [3.8, 4) is 33.8 Å². The average Bonchev–Trinajstić information content (AvgIpc) is 0.797. The normalized spacial score (nSPS) is 24.3. The largest absolute Gasteiger partial charge is 0.462 e. The SMILES string of the molecule is CC(=O)NCCc1ccc(OC2OC[C@H](C)[C@@H](OC(=O)c3ccccc3)[C@H]2OC(=O)c2ccccc2)cc1-c1cccc(F)c1.CC(=O)NCCc1ccc(O[C@@H]2OC[C@H](O)[C@@H](O)[C@H]2O)cc1-c1cccc(F)c1.C[C@H]1COC(OC(=O)c2ccccc2)[C@H](OC(=O)c2ccccc2)[C@@H]1OC(=O)c1ccccc1.OC1OC[C@H](O)[C@@H](O)[C@H]1O.[3HH].[3H][3H].[3H][3H].[3H][3H].[3H][3H].[3H][3H].[3H][3H].[3H][3H].[3H][3H]. The Morgan fingerprint density at radius 2 is 0.703 bits per heavy atom. The lowest BCUT2D eigenvalue weighted by Crippen LogP contribution is -2.55. The summed E-state index contributed by atoms with van der Waals surface area (Å²) in [6, 6.07) is 65.1. The van der Waals surface area contributed by atoms with Gasteiger partial charge >= 0.3 is 29.8 Å². The van der Waals surface area contributed by atoms with Gasteiger partial charge in [0.15, 0.2) is 6.29 Å². The van der Waals surface area contributed by atoms with E-state index in [9.17, 15) is 57.7 Å². The standard InChI is InChI=1S/C36H34FNO7.C27H24O7.C21H24FNO6.C5H10O5.9H2/c1-23-22-42-36(43-30-17-16-25(18-19-38-24(2)39)31(21-30)28-14-9-15-29(37)20-28)33(45-35(41)27-12-7-4-8-13-27)32(23)44-34(40)26-10-5-3-6-11-26;1-18-17-31-27(34-26(30)21-15-9-4-10-16-21)23(33-25(29)20-13-7-3-8-14-20)22(18)32-24(28)19-11-5-2-6-12-19;1-12(24)23-8-7-13-5-6-16(10-17(13)14-3-2-4-15(22)9-14)29-21-20(27)19(26)18(25)11-28-21;6-2-1-10-5(9)4(8)3(2)7;;;;;;;;;/h3-17,20-21,23,32-33,36H,18-19,22H2,1-2H3,(H,38,39);2-16,18,22-23,27H,17H2,1H3;2-6,9-10,18-21,25-27H,7-8,11H2,1H3,(H,23,24);2-9H,1H2;9*1H/t23-,32+,33+,36?;18-,22+,23+,27?;18-,19+,20+,21-;2-,3+,4+,5?;;;;;;;;;/m0000........./s1/i;;;;8*1+2T;1+2. The molecule has 4 aliphatic rings. The van der Waals surface area contributed by atoms with Crippen molar-refractivity contribution in [3.05, 3.63) is 287 Å². The number of rotatable bonds is 22. The van der Waals surface area contributed by atoms with Gasteiger partial charge in [-0.25, -0.2) is 32.8 Å². The van der Waals surface area contributed by atoms with E-state index in [1.165, 1.54) is 38.1 Å². The number of aliphatic hydroxyl groups excluding tert-OH is 7. The van der Waals surface area contributed by atoms with Crippen molar-refractivity contribution in [2.24, 2.45) is 11.8 Å². The van der Waals surface area contributed by atoms with Crippen molar-refractivity contribution >= 4 is 41.7 Å². The summed E-state index contributed by atoms with van der Waals surface area (Å²) in [5.41, 5.74) is 6.05. The van der Waals surface area contributed by atoms with Crippen molar-refractivity contribution in [2.45, 2.75) is 127 Å². The fraction of sp³-hybridized carbons (Fsp3) is 0.315. The van der Waals surface area contributed by atoms with Crippen molar-refractivity contribution < 1.29 is 155 Å². The molecule has 13 rings (SSSR count). The Morgan fingerprint density at radius 3 is 1.08 bits per heavy atom. The van der Waals surface area contributed by atoms with E-state index in [2.05, 4.69) is 15.4 Å². The van der Waals surface area contributed by atoms with E-state index in [4.69, 9.17) is 91.6 Å². The molecule has 4 aliphatic heterocycles. The van der Waals surface area contributed by atoms with Crippen molar-refractivity contribution in [1.29, 1.82) is 0 Å². The Morgan fingerprint density at radius 1 is 0.373 bits per heavy atom. The maximum absolute atomic E-state index is 14.2. The third-order valence-electron chi connectivity index (χ3n) is 19.0. The van der Waals surface area contributed by atoms with E-state index < -0.39 is 122 Å². The van der Waals surface area contributed by atoms with Crippen molar-refractivity contribution in [2.75, 3.05) is 39.5 Å². The van der Waals surface area contributed by atoms with Gasteiger partial charge in [0.2, 0.25) is 42.9 Å².